The van der Waals surface area contributed by atoms with Gasteiger partial charge in [0.25, 0.3) is 11.8 Å². The van der Waals surface area contributed by atoms with E-state index in [1.165, 1.54) is 12.0 Å². The Morgan fingerprint density at radius 2 is 1.81 bits per heavy atom. The number of nitrogens with zero attached hydrogens (tertiary/aromatic N) is 1. The molecule has 0 spiro atoms. The van der Waals surface area contributed by atoms with Crippen molar-refractivity contribution in [2.24, 2.45) is 0 Å². The number of carbonyl (C=O) groups is 3. The molecule has 3 aromatic rings. The van der Waals surface area contributed by atoms with E-state index in [2.05, 4.69) is 33.2 Å². The minimum atomic E-state index is -0.473. The van der Waals surface area contributed by atoms with Crippen LogP contribution in [0.4, 0.5) is 10.5 Å². The lowest BCUT2D eigenvalue weighted by atomic mass is 10.1. The third-order valence-electron chi connectivity index (χ3n) is 5.63. The molecule has 1 aliphatic heterocycles. The van der Waals surface area contributed by atoms with Crippen LogP contribution in [0.15, 0.2) is 66.4 Å². The highest BCUT2D eigenvalue weighted by molar-refractivity contribution is 14.1. The number of urea groups is 1. The Balaban J connectivity index is 1.46. The van der Waals surface area contributed by atoms with Crippen LogP contribution in [0.2, 0.25) is 0 Å². The van der Waals surface area contributed by atoms with Gasteiger partial charge in [-0.05, 0) is 77.9 Å². The summed E-state index contributed by atoms with van der Waals surface area (Å²) >= 11 is 2.08. The van der Waals surface area contributed by atoms with Crippen molar-refractivity contribution in [1.82, 2.24) is 10.2 Å². The number of amides is 4. The van der Waals surface area contributed by atoms with Gasteiger partial charge >= 0.3 is 6.03 Å². The fraction of sp³-hybridized carbons (Fsp3) is 0.179. The number of imide groups is 1. The van der Waals surface area contributed by atoms with Gasteiger partial charge in [0.15, 0.2) is 18.1 Å². The second-order valence-electron chi connectivity index (χ2n) is 8.61. The Morgan fingerprint density at radius 3 is 2.51 bits per heavy atom. The lowest BCUT2D eigenvalue weighted by molar-refractivity contribution is -0.123. The zero-order valence-electron chi connectivity index (χ0n) is 20.6. The molecule has 0 aliphatic carbocycles. The number of anilines is 1. The van der Waals surface area contributed by atoms with E-state index in [1.807, 2.05) is 62.4 Å². The van der Waals surface area contributed by atoms with E-state index in [1.54, 1.807) is 18.2 Å². The molecule has 1 saturated heterocycles. The number of hydrogen-bond donors (Lipinski definition) is 2. The molecule has 1 aliphatic rings. The van der Waals surface area contributed by atoms with Gasteiger partial charge in [-0.1, -0.05) is 47.5 Å². The number of hydrogen-bond acceptors (Lipinski definition) is 5. The first-order valence-electron chi connectivity index (χ1n) is 11.5. The standard InChI is InChI=1S/C28H26IN3O5/c1-17-7-9-21(10-8-17)30-25(33)16-37-26-22(29)12-20(14-24(26)36-3)13-23-27(34)32(28(35)31-23)15-19-6-4-5-18(2)11-19/h4-14H,15-16H2,1-3H3,(H,30,33)(H,31,35)/b23-13+. The van der Waals surface area contributed by atoms with Gasteiger partial charge in [-0.2, -0.15) is 0 Å². The summed E-state index contributed by atoms with van der Waals surface area (Å²) in [5.74, 6) is 0.0943. The Kier molecular flexibility index (Phi) is 8.12. The van der Waals surface area contributed by atoms with E-state index in [0.717, 1.165) is 16.7 Å². The van der Waals surface area contributed by atoms with E-state index >= 15 is 0 Å². The Morgan fingerprint density at radius 1 is 1.05 bits per heavy atom. The van der Waals surface area contributed by atoms with E-state index in [0.29, 0.717) is 26.3 Å². The molecule has 0 unspecified atom stereocenters. The number of nitrogens with one attached hydrogen (secondary N) is 2. The van der Waals surface area contributed by atoms with Gasteiger partial charge < -0.3 is 20.1 Å². The zero-order chi connectivity index (χ0) is 26.5. The first kappa shape index (κ1) is 26.2. The molecule has 37 heavy (non-hydrogen) atoms. The van der Waals surface area contributed by atoms with Crippen LogP contribution >= 0.6 is 22.6 Å². The molecule has 2 N–H and O–H groups in total. The fourth-order valence-electron chi connectivity index (χ4n) is 3.81. The highest BCUT2D eigenvalue weighted by Gasteiger charge is 2.33. The molecule has 4 amide bonds. The van der Waals surface area contributed by atoms with E-state index in [-0.39, 0.29) is 24.8 Å². The maximum absolute atomic E-state index is 12.9. The molecule has 3 aromatic carbocycles. The van der Waals surface area contributed by atoms with Crippen molar-refractivity contribution in [2.75, 3.05) is 19.0 Å². The summed E-state index contributed by atoms with van der Waals surface area (Å²) in [4.78, 5) is 38.9. The molecule has 0 aromatic heterocycles. The number of ether oxygens (including phenoxy) is 2. The van der Waals surface area contributed by atoms with Crippen LogP contribution in [0.3, 0.4) is 0 Å². The monoisotopic (exact) mass is 611 g/mol. The van der Waals surface area contributed by atoms with E-state index < -0.39 is 11.9 Å². The van der Waals surface area contributed by atoms with Gasteiger partial charge in [0.1, 0.15) is 5.70 Å². The van der Waals surface area contributed by atoms with Gasteiger partial charge in [0, 0.05) is 5.69 Å². The van der Waals surface area contributed by atoms with Crippen LogP contribution in [0.25, 0.3) is 6.08 Å². The molecule has 8 nitrogen and oxygen atoms in total. The van der Waals surface area contributed by atoms with Crippen molar-refractivity contribution in [1.29, 1.82) is 0 Å². The molecule has 0 radical (unpaired) electrons. The molecule has 1 heterocycles. The minimum Gasteiger partial charge on any atom is -0.493 e. The highest BCUT2D eigenvalue weighted by Crippen LogP contribution is 2.35. The normalized spacial score (nSPS) is 14.1. The van der Waals surface area contributed by atoms with Gasteiger partial charge in [-0.15, -0.1) is 0 Å². The van der Waals surface area contributed by atoms with Crippen molar-refractivity contribution in [2.45, 2.75) is 20.4 Å². The van der Waals surface area contributed by atoms with Gasteiger partial charge in [0.05, 0.1) is 17.2 Å². The van der Waals surface area contributed by atoms with Crippen LogP contribution in [-0.2, 0) is 16.1 Å². The largest absolute Gasteiger partial charge is 0.493 e. The molecule has 9 heteroatoms. The molecule has 4 rings (SSSR count). The van der Waals surface area contributed by atoms with Crippen molar-refractivity contribution < 1.29 is 23.9 Å². The maximum Gasteiger partial charge on any atom is 0.329 e. The molecule has 0 bridgehead atoms. The molecule has 1 fully saturated rings. The second-order valence-corrected chi connectivity index (χ2v) is 9.77. The lowest BCUT2D eigenvalue weighted by Crippen LogP contribution is -2.30. The first-order chi connectivity index (χ1) is 17.7. The zero-order valence-corrected chi connectivity index (χ0v) is 22.8. The van der Waals surface area contributed by atoms with Crippen LogP contribution in [-0.4, -0.2) is 36.5 Å². The average Bonchev–Trinajstić information content (AvgIpc) is 3.11. The topological polar surface area (TPSA) is 97.0 Å². The third-order valence-corrected chi connectivity index (χ3v) is 6.43. The smallest absolute Gasteiger partial charge is 0.329 e. The number of aryl methyl sites for hydroxylation is 2. The highest BCUT2D eigenvalue weighted by atomic mass is 127. The first-order valence-corrected chi connectivity index (χ1v) is 12.6. The van der Waals surface area contributed by atoms with Crippen LogP contribution < -0.4 is 20.1 Å². The summed E-state index contributed by atoms with van der Waals surface area (Å²) in [5, 5.41) is 5.44. The number of carbonyl (C=O) groups excluding carboxylic acids is 3. The van der Waals surface area contributed by atoms with Crippen LogP contribution in [0.5, 0.6) is 11.5 Å². The summed E-state index contributed by atoms with van der Waals surface area (Å²) in [5.41, 5.74) is 4.51. The third kappa shape index (κ3) is 6.48. The van der Waals surface area contributed by atoms with Crippen molar-refractivity contribution in [3.63, 3.8) is 0 Å². The van der Waals surface area contributed by atoms with Gasteiger partial charge in [-0.3, -0.25) is 14.5 Å². The minimum absolute atomic E-state index is 0.168. The quantitative estimate of drug-likeness (QED) is 0.212. The summed E-state index contributed by atoms with van der Waals surface area (Å²) < 4.78 is 11.9. The SMILES string of the molecule is COc1cc(/C=C2/NC(=O)N(Cc3cccc(C)c3)C2=O)cc(I)c1OCC(=O)Nc1ccc(C)cc1. The molecular weight excluding hydrogens is 585 g/mol. The van der Waals surface area contributed by atoms with Gasteiger partial charge in [0.2, 0.25) is 0 Å². The molecule has 0 atom stereocenters. The summed E-state index contributed by atoms with van der Waals surface area (Å²) in [6.45, 7) is 3.91. The van der Waals surface area contributed by atoms with Crippen LogP contribution in [0.1, 0.15) is 22.3 Å². The molecule has 190 valence electrons. The van der Waals surface area contributed by atoms with E-state index in [9.17, 15) is 14.4 Å². The summed E-state index contributed by atoms with van der Waals surface area (Å²) in [6.07, 6.45) is 1.59. The fourth-order valence-corrected chi connectivity index (χ4v) is 4.59. The Bertz CT molecular complexity index is 1390. The lowest BCUT2D eigenvalue weighted by Gasteiger charge is -2.14. The van der Waals surface area contributed by atoms with E-state index in [4.69, 9.17) is 9.47 Å². The van der Waals surface area contributed by atoms with Gasteiger partial charge in [-0.25, -0.2) is 4.79 Å². The number of rotatable bonds is 8. The van der Waals surface area contributed by atoms with Crippen molar-refractivity contribution >= 4 is 52.2 Å². The second kappa shape index (κ2) is 11.5. The number of benzene rings is 3. The predicted octanol–water partition coefficient (Wildman–Crippen LogP) is 5.03. The Hall–Kier alpha value is -3.86. The van der Waals surface area contributed by atoms with Crippen molar-refractivity contribution in [3.05, 3.63) is 92.2 Å². The van der Waals surface area contributed by atoms with Crippen molar-refractivity contribution in [3.8, 4) is 11.5 Å². The van der Waals surface area contributed by atoms with Crippen LogP contribution in [0, 0.1) is 17.4 Å². The summed E-state index contributed by atoms with van der Waals surface area (Å²) in [6, 6.07) is 18.1. The average molecular weight is 611 g/mol. The number of methoxy groups -OCH3 is 1. The molecule has 0 saturated carbocycles. The predicted molar refractivity (Wildman–Crippen MR) is 149 cm³/mol. The Labute approximate surface area is 228 Å². The number of halogens is 1. The maximum atomic E-state index is 12.9. The molecular formula is C28H26IN3O5. The summed E-state index contributed by atoms with van der Waals surface area (Å²) in [7, 11) is 1.49.